The fourth-order valence-corrected chi connectivity index (χ4v) is 4.90. The normalized spacial score (nSPS) is 19.4. The van der Waals surface area contributed by atoms with Crippen molar-refractivity contribution in [2.45, 2.75) is 17.8 Å². The second-order valence-electron chi connectivity index (χ2n) is 7.37. The Kier molecular flexibility index (Phi) is 6.76. The van der Waals surface area contributed by atoms with Crippen molar-refractivity contribution in [3.63, 3.8) is 0 Å². The summed E-state index contributed by atoms with van der Waals surface area (Å²) in [6.45, 7) is -0.297. The Morgan fingerprint density at radius 3 is 2.39 bits per heavy atom. The molecular formula is C23H20N2O7S. The minimum Gasteiger partial charge on any atom is -0.477 e. The monoisotopic (exact) mass is 468 g/mol. The predicted molar refractivity (Wildman–Crippen MR) is 118 cm³/mol. The van der Waals surface area contributed by atoms with E-state index in [-0.39, 0.29) is 35.9 Å². The average molecular weight is 468 g/mol. The van der Waals surface area contributed by atoms with Gasteiger partial charge in [-0.2, -0.15) is 4.89 Å². The van der Waals surface area contributed by atoms with Gasteiger partial charge < -0.3 is 10.4 Å². The Morgan fingerprint density at radius 1 is 1.06 bits per heavy atom. The molecule has 9 nitrogen and oxygen atoms in total. The molecule has 0 aromatic heterocycles. The predicted octanol–water partition coefficient (Wildman–Crippen LogP) is 1.76. The van der Waals surface area contributed by atoms with E-state index in [1.54, 1.807) is 30.3 Å². The van der Waals surface area contributed by atoms with Gasteiger partial charge in [0, 0.05) is 11.3 Å². The Morgan fingerprint density at radius 2 is 1.73 bits per heavy atom. The Bertz CT molecular complexity index is 1100. The van der Waals surface area contributed by atoms with E-state index in [1.165, 1.54) is 11.8 Å². The molecule has 0 radical (unpaired) electrons. The number of carbonyl (C=O) groups is 4. The van der Waals surface area contributed by atoms with Gasteiger partial charge in [-0.1, -0.05) is 48.5 Å². The van der Waals surface area contributed by atoms with Crippen LogP contribution in [0.1, 0.15) is 15.9 Å². The summed E-state index contributed by atoms with van der Waals surface area (Å²) in [6, 6.07) is 16.5. The number of β-lactam (4-membered cyclic amide) rings is 1. The molecule has 1 saturated heterocycles. The number of aliphatic carboxylic acids is 1. The lowest BCUT2D eigenvalue weighted by atomic mass is 10.0. The molecule has 0 spiro atoms. The number of hydrogen-bond donors (Lipinski definition) is 2. The summed E-state index contributed by atoms with van der Waals surface area (Å²) in [5.41, 5.74) is 1.18. The number of fused-ring (bicyclic) bond motifs is 1. The van der Waals surface area contributed by atoms with Crippen LogP contribution in [0.4, 0.5) is 0 Å². The lowest BCUT2D eigenvalue weighted by Gasteiger charge is -2.49. The summed E-state index contributed by atoms with van der Waals surface area (Å²) in [7, 11) is 0. The summed E-state index contributed by atoms with van der Waals surface area (Å²) < 4.78 is 0. The largest absolute Gasteiger partial charge is 0.477 e. The van der Waals surface area contributed by atoms with Gasteiger partial charge in [0.05, 0.1) is 12.0 Å². The zero-order valence-electron chi connectivity index (χ0n) is 17.3. The van der Waals surface area contributed by atoms with Crippen LogP contribution in [-0.4, -0.2) is 57.5 Å². The van der Waals surface area contributed by atoms with Crippen LogP contribution >= 0.6 is 11.8 Å². The number of hydrogen-bond acceptors (Lipinski definition) is 7. The number of rotatable bonds is 8. The van der Waals surface area contributed by atoms with Crippen molar-refractivity contribution in [2.24, 2.45) is 0 Å². The van der Waals surface area contributed by atoms with Crippen molar-refractivity contribution in [1.82, 2.24) is 10.2 Å². The maximum Gasteiger partial charge on any atom is 0.373 e. The van der Waals surface area contributed by atoms with Crippen molar-refractivity contribution in [1.29, 1.82) is 0 Å². The average Bonchev–Trinajstić information content (AvgIpc) is 2.83. The van der Waals surface area contributed by atoms with Crippen LogP contribution in [0.15, 0.2) is 71.9 Å². The fourth-order valence-electron chi connectivity index (χ4n) is 3.58. The number of amides is 2. The van der Waals surface area contributed by atoms with E-state index in [9.17, 15) is 24.3 Å². The van der Waals surface area contributed by atoms with E-state index in [4.69, 9.17) is 9.78 Å². The molecule has 2 unspecified atom stereocenters. The first-order valence-electron chi connectivity index (χ1n) is 10.1. The molecule has 2 aromatic rings. The van der Waals surface area contributed by atoms with Gasteiger partial charge in [0.15, 0.2) is 0 Å². The molecular weight excluding hydrogens is 448 g/mol. The number of carboxylic acids is 1. The van der Waals surface area contributed by atoms with Gasteiger partial charge in [-0.25, -0.2) is 9.59 Å². The van der Waals surface area contributed by atoms with Crippen LogP contribution < -0.4 is 5.32 Å². The molecule has 2 amide bonds. The molecule has 2 N–H and O–H groups in total. The van der Waals surface area contributed by atoms with Crippen LogP contribution in [0, 0.1) is 0 Å². The third-order valence-electron chi connectivity index (χ3n) is 5.15. The zero-order valence-corrected chi connectivity index (χ0v) is 18.1. The molecule has 2 aliphatic rings. The fraction of sp³-hybridized carbons (Fsp3) is 0.217. The van der Waals surface area contributed by atoms with Crippen LogP contribution in [-0.2, 0) is 30.6 Å². The van der Waals surface area contributed by atoms with Crippen molar-refractivity contribution < 1.29 is 34.1 Å². The lowest BCUT2D eigenvalue weighted by Crippen LogP contribution is -2.70. The van der Waals surface area contributed by atoms with Gasteiger partial charge >= 0.3 is 11.9 Å². The molecule has 10 heteroatoms. The molecule has 0 aliphatic carbocycles. The standard InChI is InChI=1S/C23H20N2O7S/c26-17(11-14-7-3-1-4-8-14)24-18-20(27)25-19(22(28)29)16(13-33-21(18)25)12-31-32-23(30)15-9-5-2-6-10-15/h1-10,18,21H,11-13H2,(H,24,26)(H,28,29). The summed E-state index contributed by atoms with van der Waals surface area (Å²) in [6.07, 6.45) is 0.121. The van der Waals surface area contributed by atoms with Crippen LogP contribution in [0.2, 0.25) is 0 Å². The van der Waals surface area contributed by atoms with Crippen molar-refractivity contribution in [2.75, 3.05) is 12.4 Å². The highest BCUT2D eigenvalue weighted by atomic mass is 32.2. The van der Waals surface area contributed by atoms with Crippen LogP contribution in [0.3, 0.4) is 0 Å². The summed E-state index contributed by atoms with van der Waals surface area (Å²) in [5, 5.41) is 11.9. The topological polar surface area (TPSA) is 122 Å². The smallest absolute Gasteiger partial charge is 0.373 e. The van der Waals surface area contributed by atoms with E-state index in [0.717, 1.165) is 10.5 Å². The number of carbonyl (C=O) groups excluding carboxylic acids is 3. The van der Waals surface area contributed by atoms with Gasteiger partial charge in [0.2, 0.25) is 5.91 Å². The summed E-state index contributed by atoms with van der Waals surface area (Å²) in [5.74, 6) is -2.59. The molecule has 170 valence electrons. The molecule has 33 heavy (non-hydrogen) atoms. The quantitative estimate of drug-likeness (QED) is 0.341. The van der Waals surface area contributed by atoms with E-state index in [2.05, 4.69) is 5.32 Å². The third kappa shape index (κ3) is 4.91. The molecule has 2 aromatic carbocycles. The molecule has 2 atom stereocenters. The molecule has 2 aliphatic heterocycles. The maximum absolute atomic E-state index is 12.7. The van der Waals surface area contributed by atoms with Gasteiger partial charge in [0.1, 0.15) is 23.7 Å². The number of nitrogens with one attached hydrogen (secondary N) is 1. The van der Waals surface area contributed by atoms with E-state index >= 15 is 0 Å². The van der Waals surface area contributed by atoms with Gasteiger partial charge in [-0.05, 0) is 17.7 Å². The van der Waals surface area contributed by atoms with Crippen molar-refractivity contribution in [3.05, 3.63) is 83.1 Å². The van der Waals surface area contributed by atoms with Crippen molar-refractivity contribution in [3.8, 4) is 0 Å². The summed E-state index contributed by atoms with van der Waals surface area (Å²) in [4.78, 5) is 59.8. The number of carboxylic acid groups (broad SMARTS) is 1. The second-order valence-corrected chi connectivity index (χ2v) is 8.48. The highest BCUT2D eigenvalue weighted by Gasteiger charge is 2.54. The zero-order chi connectivity index (χ0) is 23.4. The minimum atomic E-state index is -1.30. The molecule has 0 bridgehead atoms. The van der Waals surface area contributed by atoms with Crippen molar-refractivity contribution >= 4 is 35.5 Å². The van der Waals surface area contributed by atoms with E-state index in [1.807, 2.05) is 30.3 Å². The van der Waals surface area contributed by atoms with Gasteiger partial charge in [-0.15, -0.1) is 11.8 Å². The first-order chi connectivity index (χ1) is 16.0. The molecule has 2 heterocycles. The highest BCUT2D eigenvalue weighted by Crippen LogP contribution is 2.40. The maximum atomic E-state index is 12.7. The molecule has 0 saturated carbocycles. The lowest BCUT2D eigenvalue weighted by molar-refractivity contribution is -0.233. The van der Waals surface area contributed by atoms with Gasteiger partial charge in [0.25, 0.3) is 5.91 Å². The van der Waals surface area contributed by atoms with Gasteiger partial charge in [-0.3, -0.25) is 19.4 Å². The van der Waals surface area contributed by atoms with E-state index in [0.29, 0.717) is 5.57 Å². The number of benzene rings is 2. The third-order valence-corrected chi connectivity index (χ3v) is 6.49. The Balaban J connectivity index is 1.37. The van der Waals surface area contributed by atoms with E-state index < -0.39 is 29.3 Å². The first-order valence-corrected chi connectivity index (χ1v) is 11.1. The molecule has 4 rings (SSSR count). The van der Waals surface area contributed by atoms with Crippen LogP contribution in [0.5, 0.6) is 0 Å². The second kappa shape index (κ2) is 9.88. The number of thioether (sulfide) groups is 1. The van der Waals surface area contributed by atoms with Crippen LogP contribution in [0.25, 0.3) is 0 Å². The minimum absolute atomic E-state index is 0.121. The Labute approximate surface area is 193 Å². The SMILES string of the molecule is O=C(Cc1ccccc1)NC1C(=O)N2C(C(=O)O)=C(COOC(=O)c3ccccc3)CSC12. The highest BCUT2D eigenvalue weighted by molar-refractivity contribution is 8.00. The molecule has 1 fully saturated rings. The Hall–Kier alpha value is -3.63. The summed E-state index contributed by atoms with van der Waals surface area (Å²) >= 11 is 1.31. The first kappa shape index (κ1) is 22.6. The number of nitrogens with zero attached hydrogens (tertiary/aromatic N) is 1.